The minimum Gasteiger partial charge on any atom is -0.384 e. The SMILES string of the molecule is CCC[C@H](C)[C@@H]1CC[C@@H]2CC(=O)CC[C@]2(C)[C@H]1C[C@H](O)C(F)(F)F. The molecule has 0 amide bonds. The van der Waals surface area contributed by atoms with E-state index in [1.807, 2.05) is 0 Å². The van der Waals surface area contributed by atoms with Gasteiger partial charge in [-0.25, -0.2) is 0 Å². The Morgan fingerprint density at radius 3 is 2.58 bits per heavy atom. The highest BCUT2D eigenvalue weighted by molar-refractivity contribution is 5.79. The van der Waals surface area contributed by atoms with Crippen molar-refractivity contribution in [2.45, 2.75) is 84.4 Å². The van der Waals surface area contributed by atoms with Crippen LogP contribution in [0.5, 0.6) is 0 Å². The van der Waals surface area contributed by atoms with E-state index < -0.39 is 12.3 Å². The monoisotopic (exact) mass is 348 g/mol. The summed E-state index contributed by atoms with van der Waals surface area (Å²) >= 11 is 0. The Morgan fingerprint density at radius 2 is 2.00 bits per heavy atom. The highest BCUT2D eigenvalue weighted by atomic mass is 19.4. The number of carbonyl (C=O) groups excluding carboxylic acids is 1. The van der Waals surface area contributed by atoms with Gasteiger partial charge in [-0.15, -0.1) is 0 Å². The van der Waals surface area contributed by atoms with Crippen LogP contribution in [0.2, 0.25) is 0 Å². The molecular formula is C19H31F3O2. The average molecular weight is 348 g/mol. The highest BCUT2D eigenvalue weighted by Gasteiger charge is 2.53. The second kappa shape index (κ2) is 7.35. The highest BCUT2D eigenvalue weighted by Crippen LogP contribution is 2.58. The summed E-state index contributed by atoms with van der Waals surface area (Å²) in [6, 6.07) is 0. The molecule has 1 N–H and O–H groups in total. The molecule has 0 aliphatic heterocycles. The summed E-state index contributed by atoms with van der Waals surface area (Å²) in [5.41, 5.74) is -0.259. The summed E-state index contributed by atoms with van der Waals surface area (Å²) in [6.45, 7) is 6.31. The molecule has 0 unspecified atom stereocenters. The number of aliphatic hydroxyl groups excluding tert-OH is 1. The zero-order chi connectivity index (χ0) is 18.1. The van der Waals surface area contributed by atoms with Gasteiger partial charge in [0.25, 0.3) is 0 Å². The second-order valence-electron chi connectivity index (χ2n) is 8.35. The maximum atomic E-state index is 13.0. The van der Waals surface area contributed by atoms with Crippen LogP contribution >= 0.6 is 0 Å². The Morgan fingerprint density at radius 1 is 1.33 bits per heavy atom. The summed E-state index contributed by atoms with van der Waals surface area (Å²) in [7, 11) is 0. The zero-order valence-corrected chi connectivity index (χ0v) is 15.0. The predicted molar refractivity (Wildman–Crippen MR) is 87.4 cm³/mol. The topological polar surface area (TPSA) is 37.3 Å². The van der Waals surface area contributed by atoms with E-state index in [0.717, 1.165) is 25.7 Å². The van der Waals surface area contributed by atoms with Crippen LogP contribution in [0.1, 0.15) is 72.1 Å². The third kappa shape index (κ3) is 3.97. The number of halogens is 3. The smallest absolute Gasteiger partial charge is 0.384 e. The Hall–Kier alpha value is -0.580. The molecule has 0 aromatic heterocycles. The van der Waals surface area contributed by atoms with Gasteiger partial charge in [0.05, 0.1) is 0 Å². The lowest BCUT2D eigenvalue weighted by Crippen LogP contribution is -2.50. The first-order valence-electron chi connectivity index (χ1n) is 9.36. The van der Waals surface area contributed by atoms with E-state index in [1.54, 1.807) is 0 Å². The van der Waals surface area contributed by atoms with Crippen molar-refractivity contribution in [3.63, 3.8) is 0 Å². The van der Waals surface area contributed by atoms with Crippen LogP contribution in [0.15, 0.2) is 0 Å². The Labute approximate surface area is 143 Å². The van der Waals surface area contributed by atoms with Crippen molar-refractivity contribution in [3.8, 4) is 0 Å². The molecule has 0 aromatic rings. The average Bonchev–Trinajstić information content (AvgIpc) is 2.48. The van der Waals surface area contributed by atoms with Crippen LogP contribution in [-0.4, -0.2) is 23.2 Å². The van der Waals surface area contributed by atoms with Gasteiger partial charge in [0.1, 0.15) is 11.9 Å². The van der Waals surface area contributed by atoms with Crippen molar-refractivity contribution in [3.05, 3.63) is 0 Å². The third-order valence-corrected chi connectivity index (χ3v) is 6.89. The van der Waals surface area contributed by atoms with Crippen molar-refractivity contribution in [2.24, 2.45) is 29.1 Å². The molecule has 0 radical (unpaired) electrons. The summed E-state index contributed by atoms with van der Waals surface area (Å²) in [5, 5.41) is 9.73. The molecule has 2 rings (SSSR count). The summed E-state index contributed by atoms with van der Waals surface area (Å²) < 4.78 is 39.0. The molecule has 140 valence electrons. The van der Waals surface area contributed by atoms with Crippen molar-refractivity contribution >= 4 is 5.78 Å². The second-order valence-corrected chi connectivity index (χ2v) is 8.35. The number of hydrogen-bond donors (Lipinski definition) is 1. The fraction of sp³-hybridized carbons (Fsp3) is 0.947. The molecule has 2 aliphatic rings. The number of Topliss-reactive ketones (excluding diaryl/α,β-unsaturated/α-hetero) is 1. The van der Waals surface area contributed by atoms with Gasteiger partial charge >= 0.3 is 6.18 Å². The minimum atomic E-state index is -4.56. The summed E-state index contributed by atoms with van der Waals surface area (Å²) in [6.07, 6.45) is -1.56. The molecule has 6 atom stereocenters. The molecule has 5 heteroatoms. The van der Waals surface area contributed by atoms with Crippen molar-refractivity contribution in [1.82, 2.24) is 0 Å². The van der Waals surface area contributed by atoms with E-state index in [-0.39, 0.29) is 35.4 Å². The van der Waals surface area contributed by atoms with Gasteiger partial charge in [-0.1, -0.05) is 33.6 Å². The zero-order valence-electron chi connectivity index (χ0n) is 15.0. The van der Waals surface area contributed by atoms with E-state index in [4.69, 9.17) is 0 Å². The fourth-order valence-corrected chi connectivity index (χ4v) is 5.40. The number of fused-ring (bicyclic) bond motifs is 1. The Kier molecular flexibility index (Phi) is 6.04. The Bertz CT molecular complexity index is 448. The summed E-state index contributed by atoms with van der Waals surface area (Å²) in [4.78, 5) is 11.8. The van der Waals surface area contributed by atoms with Crippen LogP contribution in [0.3, 0.4) is 0 Å². The lowest BCUT2D eigenvalue weighted by atomic mass is 9.49. The Balaban J connectivity index is 2.28. The molecule has 2 saturated carbocycles. The van der Waals surface area contributed by atoms with Gasteiger partial charge in [0.15, 0.2) is 0 Å². The normalized spacial score (nSPS) is 37.0. The van der Waals surface area contributed by atoms with Gasteiger partial charge in [-0.3, -0.25) is 4.79 Å². The molecule has 0 aromatic carbocycles. The minimum absolute atomic E-state index is 0.164. The molecular weight excluding hydrogens is 317 g/mol. The molecule has 0 spiro atoms. The van der Waals surface area contributed by atoms with Crippen molar-refractivity contribution < 1.29 is 23.1 Å². The molecule has 2 aliphatic carbocycles. The first kappa shape index (κ1) is 19.7. The lowest BCUT2D eigenvalue weighted by Gasteiger charge is -2.55. The predicted octanol–water partition coefficient (Wildman–Crippen LogP) is 5.14. The van der Waals surface area contributed by atoms with E-state index in [0.29, 0.717) is 25.2 Å². The number of ketones is 1. The van der Waals surface area contributed by atoms with Gasteiger partial charge < -0.3 is 5.11 Å². The maximum Gasteiger partial charge on any atom is 0.414 e. The van der Waals surface area contributed by atoms with Gasteiger partial charge in [0, 0.05) is 12.8 Å². The van der Waals surface area contributed by atoms with E-state index >= 15 is 0 Å². The van der Waals surface area contributed by atoms with Gasteiger partial charge in [0.2, 0.25) is 0 Å². The molecule has 0 heterocycles. The number of aliphatic hydroxyl groups is 1. The van der Waals surface area contributed by atoms with E-state index in [9.17, 15) is 23.1 Å². The van der Waals surface area contributed by atoms with Crippen molar-refractivity contribution in [2.75, 3.05) is 0 Å². The largest absolute Gasteiger partial charge is 0.414 e. The maximum absolute atomic E-state index is 13.0. The van der Waals surface area contributed by atoms with Crippen LogP contribution in [0.25, 0.3) is 0 Å². The van der Waals surface area contributed by atoms with Gasteiger partial charge in [-0.2, -0.15) is 13.2 Å². The van der Waals surface area contributed by atoms with Crippen molar-refractivity contribution in [1.29, 1.82) is 0 Å². The molecule has 2 fully saturated rings. The number of alkyl halides is 3. The van der Waals surface area contributed by atoms with Crippen LogP contribution < -0.4 is 0 Å². The van der Waals surface area contributed by atoms with Crippen LogP contribution in [-0.2, 0) is 4.79 Å². The number of rotatable bonds is 5. The quantitative estimate of drug-likeness (QED) is 0.747. The van der Waals surface area contributed by atoms with E-state index in [2.05, 4.69) is 20.8 Å². The third-order valence-electron chi connectivity index (χ3n) is 6.89. The molecule has 0 saturated heterocycles. The summed E-state index contributed by atoms with van der Waals surface area (Å²) in [5.74, 6) is 0.816. The fourth-order valence-electron chi connectivity index (χ4n) is 5.40. The van der Waals surface area contributed by atoms with Crippen LogP contribution in [0.4, 0.5) is 13.2 Å². The van der Waals surface area contributed by atoms with E-state index in [1.165, 1.54) is 0 Å². The molecule has 24 heavy (non-hydrogen) atoms. The van der Waals surface area contributed by atoms with Gasteiger partial charge in [-0.05, 0) is 54.8 Å². The number of carbonyl (C=O) groups is 1. The lowest BCUT2D eigenvalue weighted by molar-refractivity contribution is -0.217. The van der Waals surface area contributed by atoms with Crippen LogP contribution in [0, 0.1) is 29.1 Å². The standard InChI is InChI=1S/C19H31F3O2/c1-4-5-12(2)15-7-6-13-10-14(23)8-9-18(13,3)16(15)11-17(24)19(20,21)22/h12-13,15-17,24H,4-11H2,1-3H3/t12-,13+,15-,16-,17-,18-/m0/s1. The molecule has 2 nitrogen and oxygen atoms in total. The first-order valence-corrected chi connectivity index (χ1v) is 9.36. The first-order chi connectivity index (χ1) is 11.1. The number of hydrogen-bond acceptors (Lipinski definition) is 2. The molecule has 0 bridgehead atoms.